The first-order chi connectivity index (χ1) is 11.0. The Morgan fingerprint density at radius 3 is 1.83 bits per heavy atom. The predicted molar refractivity (Wildman–Crippen MR) is 93.8 cm³/mol. The summed E-state index contributed by atoms with van der Waals surface area (Å²) in [5.41, 5.74) is 2.63. The maximum atomic E-state index is 10.5. The van der Waals surface area contributed by atoms with Gasteiger partial charge in [0.25, 0.3) is 0 Å². The topological polar surface area (TPSA) is 74.6 Å². The Morgan fingerprint density at radius 2 is 1.30 bits per heavy atom. The third kappa shape index (κ3) is 9.39. The molecule has 0 aromatic heterocycles. The van der Waals surface area contributed by atoms with Crippen LogP contribution in [0.4, 0.5) is 0 Å². The highest BCUT2D eigenvalue weighted by atomic mass is 79.9. The Morgan fingerprint density at radius 1 is 0.783 bits per heavy atom. The van der Waals surface area contributed by atoms with Crippen LogP contribution in [-0.2, 0) is 22.4 Å². The summed E-state index contributed by atoms with van der Waals surface area (Å²) in [6.07, 6.45) is 7.74. The number of hydrogen-bond donors (Lipinski definition) is 2. The molecule has 23 heavy (non-hydrogen) atoms. The molecular weight excluding hydrogens is 360 g/mol. The van der Waals surface area contributed by atoms with Crippen LogP contribution < -0.4 is 0 Å². The molecule has 0 saturated carbocycles. The minimum atomic E-state index is -0.727. The third-order valence-corrected chi connectivity index (χ3v) is 4.34. The molecule has 0 atom stereocenters. The number of halogens is 1. The lowest BCUT2D eigenvalue weighted by atomic mass is 9.97. The van der Waals surface area contributed by atoms with E-state index in [9.17, 15) is 9.59 Å². The summed E-state index contributed by atoms with van der Waals surface area (Å²) in [5.74, 6) is -1.45. The fraction of sp³-hybridized carbons (Fsp3) is 0.556. The standard InChI is InChI=1S/C18H25BrO4/c19-16-12-11-14(7-3-1-5-9-17(20)21)15(13-16)8-4-2-6-10-18(22)23/h11-13H,1-10H2,(H,20,21)(H,22,23). The van der Waals surface area contributed by atoms with Crippen molar-refractivity contribution in [1.82, 2.24) is 0 Å². The molecule has 1 rings (SSSR count). The van der Waals surface area contributed by atoms with Crippen LogP contribution in [0.1, 0.15) is 62.5 Å². The second-order valence-corrected chi connectivity index (χ2v) is 6.74. The lowest BCUT2D eigenvalue weighted by molar-refractivity contribution is -0.138. The van der Waals surface area contributed by atoms with Crippen molar-refractivity contribution in [2.75, 3.05) is 0 Å². The first-order valence-electron chi connectivity index (χ1n) is 8.20. The number of rotatable bonds is 12. The van der Waals surface area contributed by atoms with Crippen LogP contribution in [0.5, 0.6) is 0 Å². The first-order valence-corrected chi connectivity index (χ1v) is 8.99. The van der Waals surface area contributed by atoms with E-state index in [1.165, 1.54) is 11.1 Å². The summed E-state index contributed by atoms with van der Waals surface area (Å²) in [6.45, 7) is 0. The first kappa shape index (κ1) is 19.7. The molecule has 0 aliphatic rings. The number of aliphatic carboxylic acids is 2. The van der Waals surface area contributed by atoms with Gasteiger partial charge in [0.05, 0.1) is 0 Å². The monoisotopic (exact) mass is 384 g/mol. The van der Waals surface area contributed by atoms with Crippen LogP contribution in [0.15, 0.2) is 22.7 Å². The molecule has 5 heteroatoms. The molecule has 0 saturated heterocycles. The number of benzene rings is 1. The van der Waals surface area contributed by atoms with Crippen LogP contribution >= 0.6 is 15.9 Å². The molecule has 0 fully saturated rings. The molecule has 2 N–H and O–H groups in total. The molecule has 4 nitrogen and oxygen atoms in total. The molecule has 0 unspecified atom stereocenters. The molecule has 128 valence electrons. The summed E-state index contributed by atoms with van der Waals surface area (Å²) < 4.78 is 1.06. The van der Waals surface area contributed by atoms with E-state index in [4.69, 9.17) is 10.2 Å². The summed E-state index contributed by atoms with van der Waals surface area (Å²) in [7, 11) is 0. The Labute approximate surface area is 146 Å². The largest absolute Gasteiger partial charge is 0.481 e. The van der Waals surface area contributed by atoms with Gasteiger partial charge in [-0.15, -0.1) is 0 Å². The van der Waals surface area contributed by atoms with Crippen LogP contribution in [0.3, 0.4) is 0 Å². The quantitative estimate of drug-likeness (QED) is 0.506. The van der Waals surface area contributed by atoms with Crippen LogP contribution in [0.2, 0.25) is 0 Å². The van der Waals surface area contributed by atoms with Gasteiger partial charge >= 0.3 is 11.9 Å². The molecule has 0 aliphatic carbocycles. The third-order valence-electron chi connectivity index (χ3n) is 3.84. The van der Waals surface area contributed by atoms with Crippen molar-refractivity contribution in [3.63, 3.8) is 0 Å². The summed E-state index contributed by atoms with van der Waals surface area (Å²) in [6, 6.07) is 6.32. The highest BCUT2D eigenvalue weighted by molar-refractivity contribution is 9.10. The minimum Gasteiger partial charge on any atom is -0.481 e. The van der Waals surface area contributed by atoms with Crippen molar-refractivity contribution in [2.24, 2.45) is 0 Å². The highest BCUT2D eigenvalue weighted by Gasteiger charge is 2.05. The molecule has 1 aromatic rings. The van der Waals surface area contributed by atoms with E-state index in [1.807, 2.05) is 6.07 Å². The molecule has 0 heterocycles. The molecule has 0 spiro atoms. The highest BCUT2D eigenvalue weighted by Crippen LogP contribution is 2.21. The fourth-order valence-corrected chi connectivity index (χ4v) is 3.02. The number of aryl methyl sites for hydroxylation is 2. The minimum absolute atomic E-state index is 0.245. The van der Waals surface area contributed by atoms with Crippen molar-refractivity contribution < 1.29 is 19.8 Å². The van der Waals surface area contributed by atoms with Crippen LogP contribution in [-0.4, -0.2) is 22.2 Å². The normalized spacial score (nSPS) is 10.7. The predicted octanol–water partition coefficient (Wildman–Crippen LogP) is 4.82. The van der Waals surface area contributed by atoms with Crippen molar-refractivity contribution in [1.29, 1.82) is 0 Å². The summed E-state index contributed by atoms with van der Waals surface area (Å²) >= 11 is 3.50. The molecule has 0 bridgehead atoms. The average molecular weight is 385 g/mol. The second-order valence-electron chi connectivity index (χ2n) is 5.82. The van der Waals surface area contributed by atoms with Crippen LogP contribution in [0, 0.1) is 0 Å². The van der Waals surface area contributed by atoms with Gasteiger partial charge in [-0.2, -0.15) is 0 Å². The second kappa shape index (κ2) is 11.2. The van der Waals surface area contributed by atoms with E-state index in [0.29, 0.717) is 0 Å². The molecule has 0 amide bonds. The molecule has 0 aliphatic heterocycles. The SMILES string of the molecule is O=C(O)CCCCCc1ccc(Br)cc1CCCCCC(=O)O. The van der Waals surface area contributed by atoms with E-state index < -0.39 is 11.9 Å². The van der Waals surface area contributed by atoms with E-state index in [2.05, 4.69) is 28.1 Å². The maximum Gasteiger partial charge on any atom is 0.303 e. The zero-order valence-electron chi connectivity index (χ0n) is 13.4. The van der Waals surface area contributed by atoms with Gasteiger partial charge in [-0.3, -0.25) is 9.59 Å². The maximum absolute atomic E-state index is 10.5. The lowest BCUT2D eigenvalue weighted by Crippen LogP contribution is -1.98. The van der Waals surface area contributed by atoms with Crippen LogP contribution in [0.25, 0.3) is 0 Å². The molecular formula is C18H25BrO4. The van der Waals surface area contributed by atoms with Crippen molar-refractivity contribution >= 4 is 27.9 Å². The molecule has 1 aromatic carbocycles. The van der Waals surface area contributed by atoms with Gasteiger partial charge in [-0.25, -0.2) is 0 Å². The van der Waals surface area contributed by atoms with E-state index in [0.717, 1.165) is 55.8 Å². The van der Waals surface area contributed by atoms with Gasteiger partial charge in [0.1, 0.15) is 0 Å². The fourth-order valence-electron chi connectivity index (χ4n) is 2.61. The average Bonchev–Trinajstić information content (AvgIpc) is 2.47. The van der Waals surface area contributed by atoms with Crippen molar-refractivity contribution in [2.45, 2.75) is 64.2 Å². The van der Waals surface area contributed by atoms with Gasteiger partial charge in [0.2, 0.25) is 0 Å². The lowest BCUT2D eigenvalue weighted by Gasteiger charge is -2.10. The number of carboxylic acid groups (broad SMARTS) is 2. The Bertz CT molecular complexity index is 514. The van der Waals surface area contributed by atoms with Gasteiger partial charge in [-0.05, 0) is 61.8 Å². The number of hydrogen-bond acceptors (Lipinski definition) is 2. The Balaban J connectivity index is 2.39. The van der Waals surface area contributed by atoms with Gasteiger partial charge in [0, 0.05) is 17.3 Å². The molecule has 0 radical (unpaired) electrons. The number of carbonyl (C=O) groups is 2. The van der Waals surface area contributed by atoms with Gasteiger partial charge in [0.15, 0.2) is 0 Å². The van der Waals surface area contributed by atoms with E-state index in [-0.39, 0.29) is 12.8 Å². The number of carboxylic acids is 2. The van der Waals surface area contributed by atoms with E-state index in [1.54, 1.807) is 0 Å². The Hall–Kier alpha value is -1.36. The summed E-state index contributed by atoms with van der Waals surface area (Å²) in [4.78, 5) is 21.0. The van der Waals surface area contributed by atoms with Crippen molar-refractivity contribution in [3.8, 4) is 0 Å². The van der Waals surface area contributed by atoms with E-state index >= 15 is 0 Å². The van der Waals surface area contributed by atoms with Gasteiger partial charge < -0.3 is 10.2 Å². The smallest absolute Gasteiger partial charge is 0.303 e. The van der Waals surface area contributed by atoms with Crippen molar-refractivity contribution in [3.05, 3.63) is 33.8 Å². The van der Waals surface area contributed by atoms with Gasteiger partial charge in [-0.1, -0.05) is 34.8 Å². The Kier molecular flexibility index (Phi) is 9.60. The number of unbranched alkanes of at least 4 members (excludes halogenated alkanes) is 4. The zero-order chi connectivity index (χ0) is 17.1. The summed E-state index contributed by atoms with van der Waals surface area (Å²) in [5, 5.41) is 17.3. The zero-order valence-corrected chi connectivity index (χ0v) is 15.0.